The van der Waals surface area contributed by atoms with Gasteiger partial charge in [0.2, 0.25) is 5.91 Å². The summed E-state index contributed by atoms with van der Waals surface area (Å²) >= 11 is 5.61. The van der Waals surface area contributed by atoms with Crippen LogP contribution in [0.25, 0.3) is 0 Å². The molecule has 14 heavy (non-hydrogen) atoms. The number of amides is 1. The number of primary amides is 1. The van der Waals surface area contributed by atoms with Crippen LogP contribution in [0.4, 0.5) is 13.2 Å². The maximum atomic E-state index is 12.4. The smallest absolute Gasteiger partial charge is 0.369 e. The molecule has 0 saturated heterocycles. The molecule has 1 aliphatic rings. The van der Waals surface area contributed by atoms with Crippen molar-refractivity contribution in [1.82, 2.24) is 0 Å². The zero-order chi connectivity index (χ0) is 10.9. The Bertz CT molecular complexity index is 231. The van der Waals surface area contributed by atoms with Crippen LogP contribution in [-0.2, 0) is 4.79 Å². The maximum absolute atomic E-state index is 12.4. The van der Waals surface area contributed by atoms with Crippen LogP contribution in [0.15, 0.2) is 0 Å². The van der Waals surface area contributed by atoms with Crippen molar-refractivity contribution >= 4 is 17.5 Å². The number of carbonyl (C=O) groups is 1. The molecule has 0 radical (unpaired) electrons. The number of carbonyl (C=O) groups excluding carboxylic acids is 1. The minimum Gasteiger partial charge on any atom is -0.369 e. The minimum atomic E-state index is -4.33. The molecule has 3 atom stereocenters. The van der Waals surface area contributed by atoms with Crippen molar-refractivity contribution in [3.63, 3.8) is 0 Å². The quantitative estimate of drug-likeness (QED) is 0.687. The first kappa shape index (κ1) is 11.6. The van der Waals surface area contributed by atoms with Crippen molar-refractivity contribution in [2.75, 3.05) is 0 Å². The average molecular weight is 230 g/mol. The summed E-state index contributed by atoms with van der Waals surface area (Å²) in [6.45, 7) is 0. The largest absolute Gasteiger partial charge is 0.393 e. The lowest BCUT2D eigenvalue weighted by molar-refractivity contribution is -0.184. The minimum absolute atomic E-state index is 0.0125. The summed E-state index contributed by atoms with van der Waals surface area (Å²) in [6, 6.07) is 0. The fourth-order valence-electron chi connectivity index (χ4n) is 1.80. The van der Waals surface area contributed by atoms with Crippen LogP contribution in [0, 0.1) is 11.8 Å². The number of hydrogen-bond acceptors (Lipinski definition) is 1. The lowest BCUT2D eigenvalue weighted by Crippen LogP contribution is -2.43. The van der Waals surface area contributed by atoms with Crippen LogP contribution < -0.4 is 5.73 Å². The molecular formula is C8H11ClF3NO. The molecule has 2 nitrogen and oxygen atoms in total. The van der Waals surface area contributed by atoms with Gasteiger partial charge in [-0.25, -0.2) is 0 Å². The monoisotopic (exact) mass is 229 g/mol. The van der Waals surface area contributed by atoms with Gasteiger partial charge in [-0.3, -0.25) is 4.79 Å². The first-order valence-electron chi connectivity index (χ1n) is 4.34. The van der Waals surface area contributed by atoms with Gasteiger partial charge in [0.1, 0.15) is 0 Å². The zero-order valence-corrected chi connectivity index (χ0v) is 8.11. The number of halogens is 4. The molecule has 1 saturated carbocycles. The molecule has 6 heteroatoms. The SMILES string of the molecule is NC(=O)C1CCCC(C(F)(F)F)C1Cl. The van der Waals surface area contributed by atoms with Gasteiger partial charge in [-0.2, -0.15) is 13.2 Å². The van der Waals surface area contributed by atoms with Gasteiger partial charge in [0.15, 0.2) is 0 Å². The second kappa shape index (κ2) is 3.96. The normalized spacial score (nSPS) is 34.1. The standard InChI is InChI=1S/C8H11ClF3NO/c9-6-4(7(13)14)2-1-3-5(6)8(10,11)12/h4-6H,1-3H2,(H2,13,14). The molecule has 0 aromatic heterocycles. The van der Waals surface area contributed by atoms with Gasteiger partial charge in [-0.1, -0.05) is 6.42 Å². The van der Waals surface area contributed by atoms with Crippen LogP contribution in [0.3, 0.4) is 0 Å². The number of alkyl halides is 4. The highest BCUT2D eigenvalue weighted by Crippen LogP contribution is 2.42. The van der Waals surface area contributed by atoms with E-state index in [2.05, 4.69) is 0 Å². The molecule has 82 valence electrons. The summed E-state index contributed by atoms with van der Waals surface area (Å²) in [5.41, 5.74) is 4.97. The zero-order valence-electron chi connectivity index (χ0n) is 7.35. The molecule has 3 unspecified atom stereocenters. The second-order valence-electron chi connectivity index (χ2n) is 3.53. The molecule has 0 aliphatic heterocycles. The summed E-state index contributed by atoms with van der Waals surface area (Å²) in [5.74, 6) is -3.19. The summed E-state index contributed by atoms with van der Waals surface area (Å²) in [4.78, 5) is 10.8. The predicted octanol–water partition coefficient (Wildman–Crippen LogP) is 2.06. The van der Waals surface area contributed by atoms with E-state index in [0.29, 0.717) is 12.8 Å². The first-order valence-corrected chi connectivity index (χ1v) is 4.77. The Kier molecular flexibility index (Phi) is 3.29. The molecule has 1 fully saturated rings. The molecule has 1 rings (SSSR count). The van der Waals surface area contributed by atoms with Crippen molar-refractivity contribution in [2.45, 2.75) is 30.8 Å². The molecule has 0 aromatic carbocycles. The Balaban J connectivity index is 2.76. The predicted molar refractivity (Wildman–Crippen MR) is 45.7 cm³/mol. The lowest BCUT2D eigenvalue weighted by atomic mass is 9.80. The maximum Gasteiger partial charge on any atom is 0.393 e. The fourth-order valence-corrected chi connectivity index (χ4v) is 2.32. The van der Waals surface area contributed by atoms with Gasteiger partial charge in [-0.15, -0.1) is 11.6 Å². The molecule has 2 N–H and O–H groups in total. The summed E-state index contributed by atoms with van der Waals surface area (Å²) in [7, 11) is 0. The van der Waals surface area contributed by atoms with Crippen LogP contribution >= 0.6 is 11.6 Å². The Morgan fingerprint density at radius 1 is 1.36 bits per heavy atom. The average Bonchev–Trinajstić information content (AvgIpc) is 2.01. The van der Waals surface area contributed by atoms with E-state index in [9.17, 15) is 18.0 Å². The summed E-state index contributed by atoms with van der Waals surface area (Å²) in [5, 5.41) is -1.21. The van der Waals surface area contributed by atoms with E-state index in [4.69, 9.17) is 17.3 Å². The van der Waals surface area contributed by atoms with Gasteiger partial charge in [0.25, 0.3) is 0 Å². The summed E-state index contributed by atoms with van der Waals surface area (Å²) < 4.78 is 37.2. The Morgan fingerprint density at radius 3 is 2.36 bits per heavy atom. The molecule has 0 spiro atoms. The molecule has 0 aromatic rings. The lowest BCUT2D eigenvalue weighted by Gasteiger charge is -2.33. The first-order chi connectivity index (χ1) is 6.34. The molecule has 1 amide bonds. The highest BCUT2D eigenvalue weighted by Gasteiger charge is 2.49. The Labute approximate surface area is 84.6 Å². The molecular weight excluding hydrogens is 219 g/mol. The van der Waals surface area contributed by atoms with Gasteiger partial charge < -0.3 is 5.73 Å². The van der Waals surface area contributed by atoms with Crippen LogP contribution in [0.2, 0.25) is 0 Å². The van der Waals surface area contributed by atoms with E-state index in [1.165, 1.54) is 0 Å². The third kappa shape index (κ3) is 2.32. The third-order valence-corrected chi connectivity index (χ3v) is 3.19. The van der Waals surface area contributed by atoms with Crippen LogP contribution in [0.5, 0.6) is 0 Å². The van der Waals surface area contributed by atoms with E-state index in [-0.39, 0.29) is 6.42 Å². The van der Waals surface area contributed by atoms with Gasteiger partial charge >= 0.3 is 6.18 Å². The van der Waals surface area contributed by atoms with Gasteiger partial charge in [0.05, 0.1) is 17.2 Å². The van der Waals surface area contributed by atoms with Crippen molar-refractivity contribution in [3.8, 4) is 0 Å². The number of hydrogen-bond donors (Lipinski definition) is 1. The Hall–Kier alpha value is -0.450. The highest BCUT2D eigenvalue weighted by molar-refractivity contribution is 6.22. The second-order valence-corrected chi connectivity index (χ2v) is 4.04. The molecule has 0 heterocycles. The number of nitrogens with two attached hydrogens (primary N) is 1. The third-order valence-electron chi connectivity index (χ3n) is 2.58. The van der Waals surface area contributed by atoms with E-state index in [1.807, 2.05) is 0 Å². The van der Waals surface area contributed by atoms with Crippen molar-refractivity contribution < 1.29 is 18.0 Å². The van der Waals surface area contributed by atoms with Crippen molar-refractivity contribution in [2.24, 2.45) is 17.6 Å². The van der Waals surface area contributed by atoms with E-state index < -0.39 is 29.3 Å². The topological polar surface area (TPSA) is 43.1 Å². The van der Waals surface area contributed by atoms with Crippen LogP contribution in [0.1, 0.15) is 19.3 Å². The molecule has 0 bridgehead atoms. The van der Waals surface area contributed by atoms with E-state index in [1.54, 1.807) is 0 Å². The Morgan fingerprint density at radius 2 is 1.93 bits per heavy atom. The van der Waals surface area contributed by atoms with Gasteiger partial charge in [0, 0.05) is 0 Å². The fraction of sp³-hybridized carbons (Fsp3) is 0.875. The summed E-state index contributed by atoms with van der Waals surface area (Å²) in [6.07, 6.45) is -3.64. The number of rotatable bonds is 1. The van der Waals surface area contributed by atoms with E-state index >= 15 is 0 Å². The van der Waals surface area contributed by atoms with Crippen molar-refractivity contribution in [3.05, 3.63) is 0 Å². The highest BCUT2D eigenvalue weighted by atomic mass is 35.5. The van der Waals surface area contributed by atoms with Crippen molar-refractivity contribution in [1.29, 1.82) is 0 Å². The van der Waals surface area contributed by atoms with Crippen LogP contribution in [-0.4, -0.2) is 17.5 Å². The molecule has 1 aliphatic carbocycles. The van der Waals surface area contributed by atoms with Gasteiger partial charge in [-0.05, 0) is 12.8 Å². The van der Waals surface area contributed by atoms with E-state index in [0.717, 1.165) is 0 Å².